The average Bonchev–Trinajstić information content (AvgIpc) is 2.88. The van der Waals surface area contributed by atoms with Crippen LogP contribution in [0.1, 0.15) is 5.69 Å². The van der Waals surface area contributed by atoms with Crippen LogP contribution in [0.15, 0.2) is 64.8 Å². The normalized spacial score (nSPS) is 11.3. The first-order chi connectivity index (χ1) is 12.3. The van der Waals surface area contributed by atoms with Gasteiger partial charge in [-0.3, -0.25) is 0 Å². The summed E-state index contributed by atoms with van der Waals surface area (Å²) in [4.78, 5) is 0. The van der Waals surface area contributed by atoms with Crippen molar-refractivity contribution in [2.45, 2.75) is 6.92 Å². The molecule has 0 bridgehead atoms. The number of para-hydroxylation sites is 1. The first kappa shape index (κ1) is 20.6. The van der Waals surface area contributed by atoms with Crippen LogP contribution in [0.3, 0.4) is 0 Å². The number of benzene rings is 2. The molecular formula is C17H16CuN5O3S. The summed E-state index contributed by atoms with van der Waals surface area (Å²) in [7, 11) is -3.57. The zero-order valence-electron chi connectivity index (χ0n) is 14.4. The molecule has 0 radical (unpaired) electrons. The number of aromatic nitrogens is 2. The molecule has 0 amide bonds. The minimum absolute atomic E-state index is 0. The zero-order valence-corrected chi connectivity index (χ0v) is 16.2. The van der Waals surface area contributed by atoms with E-state index in [2.05, 4.69) is 20.0 Å². The van der Waals surface area contributed by atoms with E-state index in [9.17, 15) is 13.5 Å². The van der Waals surface area contributed by atoms with Crippen molar-refractivity contribution in [2.75, 3.05) is 6.26 Å². The Morgan fingerprint density at radius 3 is 2.33 bits per heavy atom. The van der Waals surface area contributed by atoms with Crippen LogP contribution in [0.4, 0.5) is 17.1 Å². The van der Waals surface area contributed by atoms with Gasteiger partial charge in [0.1, 0.15) is 0 Å². The summed E-state index contributed by atoms with van der Waals surface area (Å²) in [5.74, 6) is -0.157. The SMILES string of the molecule is Cc1nn(-c2ccccc2)c(O)c1N=Nc1ccccc1[N-]S(C)(=O)=O.[Cu+]. The Labute approximate surface area is 167 Å². The molecule has 0 saturated carbocycles. The summed E-state index contributed by atoms with van der Waals surface area (Å²) >= 11 is 0. The Morgan fingerprint density at radius 1 is 1.04 bits per heavy atom. The summed E-state index contributed by atoms with van der Waals surface area (Å²) in [5, 5.41) is 22.8. The summed E-state index contributed by atoms with van der Waals surface area (Å²) in [6.45, 7) is 1.69. The van der Waals surface area contributed by atoms with Gasteiger partial charge < -0.3 is 9.83 Å². The summed E-state index contributed by atoms with van der Waals surface area (Å²) < 4.78 is 27.8. The van der Waals surface area contributed by atoms with Crippen molar-refractivity contribution < 1.29 is 30.6 Å². The molecule has 8 nitrogen and oxygen atoms in total. The number of nitrogens with zero attached hydrogens (tertiary/aromatic N) is 5. The number of hydrogen-bond donors (Lipinski definition) is 1. The average molecular weight is 434 g/mol. The second-order valence-corrected chi connectivity index (χ2v) is 7.17. The van der Waals surface area contributed by atoms with E-state index >= 15 is 0 Å². The maximum atomic E-state index is 11.4. The van der Waals surface area contributed by atoms with Crippen LogP contribution in [0.25, 0.3) is 10.4 Å². The minimum Gasteiger partial charge on any atom is -0.575 e. The standard InChI is InChI=1S/C17H16N5O3S.Cu/c1-12-16(17(23)22(20-12)13-8-4-3-5-9-13)19-18-14-10-6-7-11-15(14)21-26(2,24)25;/h3-11H,1-2H3,(H-,18,19,20,21,23);/q-1;+1. The molecule has 2 aromatic carbocycles. The number of sulfonamides is 1. The van der Waals surface area contributed by atoms with Crippen molar-refractivity contribution in [3.63, 3.8) is 0 Å². The van der Waals surface area contributed by atoms with Gasteiger partial charge in [0.15, 0.2) is 5.69 Å². The Bertz CT molecular complexity index is 1070. The van der Waals surface area contributed by atoms with Crippen molar-refractivity contribution in [3.8, 4) is 11.6 Å². The number of azo groups is 1. The predicted octanol–water partition coefficient (Wildman–Crippen LogP) is 4.26. The summed E-state index contributed by atoms with van der Waals surface area (Å²) in [5.41, 5.74) is 1.80. The Hall–Kier alpha value is -2.68. The third-order valence-electron chi connectivity index (χ3n) is 3.41. The molecule has 3 aromatic rings. The van der Waals surface area contributed by atoms with Crippen LogP contribution in [-0.4, -0.2) is 29.6 Å². The maximum Gasteiger partial charge on any atom is 1.00 e. The van der Waals surface area contributed by atoms with Gasteiger partial charge in [-0.05, 0) is 25.1 Å². The van der Waals surface area contributed by atoms with Crippen LogP contribution in [0, 0.1) is 6.92 Å². The molecule has 3 rings (SSSR count). The molecule has 0 aliphatic rings. The van der Waals surface area contributed by atoms with Crippen LogP contribution in [-0.2, 0) is 27.1 Å². The van der Waals surface area contributed by atoms with Crippen molar-refractivity contribution in [3.05, 3.63) is 65.0 Å². The molecule has 0 unspecified atom stereocenters. The van der Waals surface area contributed by atoms with Gasteiger partial charge in [-0.15, -0.1) is 10.8 Å². The van der Waals surface area contributed by atoms with Crippen molar-refractivity contribution in [2.24, 2.45) is 10.2 Å². The second kappa shape index (κ2) is 8.34. The fourth-order valence-electron chi connectivity index (χ4n) is 2.28. The van der Waals surface area contributed by atoms with Crippen LogP contribution in [0.2, 0.25) is 0 Å². The number of rotatable bonds is 5. The first-order valence-corrected chi connectivity index (χ1v) is 9.48. The van der Waals surface area contributed by atoms with Gasteiger partial charge in [-0.25, -0.2) is 8.42 Å². The quantitative estimate of drug-likeness (QED) is 0.478. The van der Waals surface area contributed by atoms with E-state index in [0.717, 1.165) is 6.26 Å². The maximum absolute atomic E-state index is 11.4. The first-order valence-electron chi connectivity index (χ1n) is 7.63. The van der Waals surface area contributed by atoms with Crippen molar-refractivity contribution >= 4 is 27.1 Å². The van der Waals surface area contributed by atoms with E-state index in [0.29, 0.717) is 11.4 Å². The Kier molecular flexibility index (Phi) is 6.37. The molecule has 0 saturated heterocycles. The summed E-state index contributed by atoms with van der Waals surface area (Å²) in [6, 6.07) is 15.6. The zero-order chi connectivity index (χ0) is 18.7. The van der Waals surface area contributed by atoms with Gasteiger partial charge >= 0.3 is 17.1 Å². The number of hydrogen-bond acceptors (Lipinski definition) is 6. The van der Waals surface area contributed by atoms with Gasteiger partial charge in [0.05, 0.1) is 27.1 Å². The molecule has 0 atom stereocenters. The molecule has 1 N–H and O–H groups in total. The van der Waals surface area contributed by atoms with E-state index in [1.165, 1.54) is 10.7 Å². The van der Waals surface area contributed by atoms with E-state index in [-0.39, 0.29) is 40.0 Å². The van der Waals surface area contributed by atoms with Crippen LogP contribution >= 0.6 is 0 Å². The third kappa shape index (κ3) is 4.94. The van der Waals surface area contributed by atoms with E-state index in [1.807, 2.05) is 18.2 Å². The monoisotopic (exact) mass is 433 g/mol. The van der Waals surface area contributed by atoms with Gasteiger partial charge in [-0.2, -0.15) is 14.9 Å². The molecule has 1 aromatic heterocycles. The van der Waals surface area contributed by atoms with E-state index in [4.69, 9.17) is 0 Å². The Balaban J connectivity index is 0.00000261. The van der Waals surface area contributed by atoms with Crippen molar-refractivity contribution in [1.82, 2.24) is 9.78 Å². The molecule has 0 spiro atoms. The van der Waals surface area contributed by atoms with Crippen LogP contribution < -0.4 is 0 Å². The van der Waals surface area contributed by atoms with E-state index < -0.39 is 10.0 Å². The van der Waals surface area contributed by atoms with Gasteiger partial charge in [0.2, 0.25) is 5.88 Å². The molecular weight excluding hydrogens is 418 g/mol. The second-order valence-electron chi connectivity index (χ2n) is 5.52. The molecule has 0 fully saturated rings. The third-order valence-corrected chi connectivity index (χ3v) is 3.94. The molecule has 27 heavy (non-hydrogen) atoms. The molecule has 144 valence electrons. The molecule has 0 aliphatic carbocycles. The number of aromatic hydroxyl groups is 1. The number of aryl methyl sites for hydroxylation is 1. The smallest absolute Gasteiger partial charge is 0.575 e. The van der Waals surface area contributed by atoms with Crippen molar-refractivity contribution in [1.29, 1.82) is 0 Å². The molecule has 0 aliphatic heterocycles. The van der Waals surface area contributed by atoms with E-state index in [1.54, 1.807) is 37.3 Å². The van der Waals surface area contributed by atoms with Gasteiger partial charge in [-0.1, -0.05) is 36.4 Å². The van der Waals surface area contributed by atoms with Gasteiger partial charge in [0, 0.05) is 6.26 Å². The fourth-order valence-corrected chi connectivity index (χ4v) is 2.79. The predicted molar refractivity (Wildman–Crippen MR) is 98.4 cm³/mol. The molecule has 1 heterocycles. The van der Waals surface area contributed by atoms with Crippen LogP contribution in [0.5, 0.6) is 5.88 Å². The molecule has 10 heteroatoms. The fraction of sp³-hybridized carbons (Fsp3) is 0.118. The summed E-state index contributed by atoms with van der Waals surface area (Å²) in [6.07, 6.45) is 1.00. The topological polar surface area (TPSA) is 111 Å². The Morgan fingerprint density at radius 2 is 1.67 bits per heavy atom. The van der Waals surface area contributed by atoms with Gasteiger partial charge in [0.25, 0.3) is 0 Å². The largest absolute Gasteiger partial charge is 1.00 e. The minimum atomic E-state index is -3.57.